The van der Waals surface area contributed by atoms with Gasteiger partial charge in [0.05, 0.1) is 5.92 Å². The quantitative estimate of drug-likeness (QED) is 0.295. The van der Waals surface area contributed by atoms with Crippen molar-refractivity contribution in [2.24, 2.45) is 5.73 Å². The highest BCUT2D eigenvalue weighted by Crippen LogP contribution is 2.44. The van der Waals surface area contributed by atoms with Crippen molar-refractivity contribution in [1.29, 1.82) is 5.26 Å². The van der Waals surface area contributed by atoms with E-state index in [-0.39, 0.29) is 28.7 Å². The fraction of sp³-hybridized carbons (Fsp3) is 0.143. The van der Waals surface area contributed by atoms with Crippen LogP contribution in [0, 0.1) is 37.9 Å². The normalized spacial score (nSPS) is 14.9. The summed E-state index contributed by atoms with van der Waals surface area (Å²) >= 11 is 0. The van der Waals surface area contributed by atoms with Crippen LogP contribution in [0.5, 0.6) is 11.5 Å². The van der Waals surface area contributed by atoms with Crippen LogP contribution in [0.1, 0.15) is 44.3 Å². The predicted molar refractivity (Wildman–Crippen MR) is 128 cm³/mol. The van der Waals surface area contributed by atoms with E-state index in [9.17, 15) is 14.4 Å². The molecular weight excluding hydrogens is 447 g/mol. The molecule has 0 bridgehead atoms. The Labute approximate surface area is 201 Å². The lowest BCUT2D eigenvalue weighted by Gasteiger charge is -2.26. The van der Waals surface area contributed by atoms with Crippen LogP contribution in [0.3, 0.4) is 0 Å². The molecule has 4 aromatic rings. The average molecular weight is 468 g/mol. The van der Waals surface area contributed by atoms with Crippen LogP contribution < -0.4 is 15.2 Å². The third kappa shape index (κ3) is 3.69. The number of carbonyl (C=O) groups is 1. The Morgan fingerprint density at radius 3 is 2.60 bits per heavy atom. The minimum Gasteiger partial charge on any atom is -0.449 e. The van der Waals surface area contributed by atoms with Crippen molar-refractivity contribution < 1.29 is 23.1 Å². The van der Waals surface area contributed by atoms with Gasteiger partial charge >= 0.3 is 5.97 Å². The van der Waals surface area contributed by atoms with E-state index in [1.54, 1.807) is 30.3 Å². The van der Waals surface area contributed by atoms with Crippen LogP contribution >= 0.6 is 0 Å². The molecule has 0 fully saturated rings. The third-order valence-corrected chi connectivity index (χ3v) is 6.17. The van der Waals surface area contributed by atoms with Crippen LogP contribution in [0.2, 0.25) is 0 Å². The van der Waals surface area contributed by atoms with Crippen molar-refractivity contribution >= 4 is 16.9 Å². The zero-order valence-corrected chi connectivity index (χ0v) is 19.3. The smallest absolute Gasteiger partial charge is 0.379 e. The van der Waals surface area contributed by atoms with Crippen molar-refractivity contribution in [3.05, 3.63) is 105 Å². The standard InChI is InChI=1S/C28H21FN2O4/c1-14-10-15(2)24-16(3)26(34-23(24)11-14)28(32)33-17-8-9-19-22(12-17)35-27(31)20(13-30)25(19)18-6-4-5-7-21(18)29/h4-12,25H,31H2,1-3H3. The highest BCUT2D eigenvalue weighted by Gasteiger charge is 2.33. The van der Waals surface area contributed by atoms with Crippen molar-refractivity contribution in [3.63, 3.8) is 0 Å². The van der Waals surface area contributed by atoms with Gasteiger partial charge in [-0.15, -0.1) is 0 Å². The molecule has 35 heavy (non-hydrogen) atoms. The zero-order valence-electron chi connectivity index (χ0n) is 19.3. The molecule has 1 aliphatic rings. The molecule has 0 saturated carbocycles. The van der Waals surface area contributed by atoms with Gasteiger partial charge in [-0.3, -0.25) is 0 Å². The van der Waals surface area contributed by atoms with Gasteiger partial charge in [-0.1, -0.05) is 30.3 Å². The van der Waals surface area contributed by atoms with E-state index in [1.165, 1.54) is 12.1 Å². The molecule has 0 saturated heterocycles. The number of rotatable bonds is 3. The molecule has 0 radical (unpaired) electrons. The largest absolute Gasteiger partial charge is 0.449 e. The summed E-state index contributed by atoms with van der Waals surface area (Å²) in [6.07, 6.45) is 0. The topological polar surface area (TPSA) is 98.5 Å². The number of hydrogen-bond donors (Lipinski definition) is 1. The van der Waals surface area contributed by atoms with E-state index in [0.717, 1.165) is 16.5 Å². The first kappa shape index (κ1) is 22.2. The summed E-state index contributed by atoms with van der Waals surface area (Å²) < 4.78 is 31.7. The second-order valence-electron chi connectivity index (χ2n) is 8.55. The summed E-state index contributed by atoms with van der Waals surface area (Å²) in [5.41, 5.74) is 10.3. The van der Waals surface area contributed by atoms with E-state index in [4.69, 9.17) is 19.6 Å². The number of furan rings is 1. The summed E-state index contributed by atoms with van der Waals surface area (Å²) in [6, 6.07) is 16.8. The fourth-order valence-electron chi connectivity index (χ4n) is 4.67. The van der Waals surface area contributed by atoms with E-state index in [1.807, 2.05) is 39.0 Å². The monoisotopic (exact) mass is 468 g/mol. The second kappa shape index (κ2) is 8.33. The number of esters is 1. The fourth-order valence-corrected chi connectivity index (χ4v) is 4.67. The second-order valence-corrected chi connectivity index (χ2v) is 8.55. The molecule has 0 amide bonds. The first-order valence-corrected chi connectivity index (χ1v) is 11.0. The van der Waals surface area contributed by atoms with Gasteiger partial charge in [0.25, 0.3) is 0 Å². The molecule has 2 heterocycles. The van der Waals surface area contributed by atoms with Gasteiger partial charge in [0.1, 0.15) is 34.5 Å². The molecule has 1 aliphatic heterocycles. The van der Waals surface area contributed by atoms with Crippen LogP contribution in [0.15, 0.2) is 70.5 Å². The molecule has 1 atom stereocenters. The number of allylic oxidation sites excluding steroid dienone is 1. The van der Waals surface area contributed by atoms with Gasteiger partial charge in [-0.25, -0.2) is 9.18 Å². The number of hydrogen-bond acceptors (Lipinski definition) is 6. The predicted octanol–water partition coefficient (Wildman–Crippen LogP) is 5.93. The Bertz CT molecular complexity index is 1590. The number of ether oxygens (including phenoxy) is 2. The lowest BCUT2D eigenvalue weighted by atomic mass is 9.83. The molecule has 6 nitrogen and oxygen atoms in total. The average Bonchev–Trinajstić information content (AvgIpc) is 3.15. The Morgan fingerprint density at radius 2 is 1.86 bits per heavy atom. The van der Waals surface area contributed by atoms with Gasteiger partial charge in [0, 0.05) is 28.1 Å². The van der Waals surface area contributed by atoms with E-state index < -0.39 is 17.7 Å². The molecule has 0 spiro atoms. The molecule has 2 N–H and O–H groups in total. The summed E-state index contributed by atoms with van der Waals surface area (Å²) in [6.45, 7) is 5.74. The van der Waals surface area contributed by atoms with Crippen LogP contribution in [0.25, 0.3) is 11.0 Å². The lowest BCUT2D eigenvalue weighted by molar-refractivity contribution is 0.0702. The third-order valence-electron chi connectivity index (χ3n) is 6.17. The van der Waals surface area contributed by atoms with E-state index >= 15 is 0 Å². The molecule has 1 aromatic heterocycles. The number of aryl methyl sites for hydroxylation is 3. The first-order valence-electron chi connectivity index (χ1n) is 11.0. The summed E-state index contributed by atoms with van der Waals surface area (Å²) in [4.78, 5) is 13.0. The zero-order chi connectivity index (χ0) is 24.9. The van der Waals surface area contributed by atoms with Crippen LogP contribution in [-0.2, 0) is 0 Å². The number of fused-ring (bicyclic) bond motifs is 2. The molecule has 3 aromatic carbocycles. The van der Waals surface area contributed by atoms with E-state index in [2.05, 4.69) is 0 Å². The Hall–Kier alpha value is -4.57. The number of nitriles is 1. The number of benzene rings is 3. The summed E-state index contributed by atoms with van der Waals surface area (Å²) in [5, 5.41) is 10.5. The van der Waals surface area contributed by atoms with Gasteiger partial charge < -0.3 is 19.6 Å². The Morgan fingerprint density at radius 1 is 1.09 bits per heavy atom. The Kier molecular flexibility index (Phi) is 5.29. The molecular formula is C28H21FN2O4. The number of nitrogens with zero attached hydrogens (tertiary/aromatic N) is 1. The highest BCUT2D eigenvalue weighted by atomic mass is 19.1. The molecule has 174 valence electrons. The Balaban J connectivity index is 1.51. The molecule has 1 unspecified atom stereocenters. The SMILES string of the molecule is Cc1cc(C)c2c(C)c(C(=O)Oc3ccc4c(c3)OC(N)=C(C#N)C4c3ccccc3F)oc2c1. The highest BCUT2D eigenvalue weighted by molar-refractivity contribution is 5.98. The van der Waals surface area contributed by atoms with Gasteiger partial charge in [0.2, 0.25) is 11.6 Å². The van der Waals surface area contributed by atoms with Gasteiger partial charge in [-0.2, -0.15) is 5.26 Å². The van der Waals surface area contributed by atoms with Gasteiger partial charge in [0.15, 0.2) is 0 Å². The molecule has 5 rings (SSSR count). The lowest BCUT2D eigenvalue weighted by Crippen LogP contribution is -2.21. The van der Waals surface area contributed by atoms with E-state index in [0.29, 0.717) is 22.3 Å². The minimum absolute atomic E-state index is 0.107. The molecule has 7 heteroatoms. The maximum atomic E-state index is 14.6. The van der Waals surface area contributed by atoms with Crippen LogP contribution in [-0.4, -0.2) is 5.97 Å². The minimum atomic E-state index is -0.751. The van der Waals surface area contributed by atoms with Crippen molar-refractivity contribution in [2.75, 3.05) is 0 Å². The van der Waals surface area contributed by atoms with Crippen molar-refractivity contribution in [1.82, 2.24) is 0 Å². The van der Waals surface area contributed by atoms with Crippen LogP contribution in [0.4, 0.5) is 4.39 Å². The maximum Gasteiger partial charge on any atom is 0.379 e. The van der Waals surface area contributed by atoms with Crippen molar-refractivity contribution in [2.45, 2.75) is 26.7 Å². The molecule has 0 aliphatic carbocycles. The number of halogens is 1. The number of nitrogens with two attached hydrogens (primary N) is 1. The first-order chi connectivity index (χ1) is 16.8. The summed E-state index contributed by atoms with van der Waals surface area (Å²) in [7, 11) is 0. The van der Waals surface area contributed by atoms with Gasteiger partial charge in [-0.05, 0) is 50.1 Å². The number of carbonyl (C=O) groups excluding carboxylic acids is 1. The maximum absolute atomic E-state index is 14.6. The summed E-state index contributed by atoms with van der Waals surface area (Å²) in [5.74, 6) is -1.42. The van der Waals surface area contributed by atoms with Crippen molar-refractivity contribution in [3.8, 4) is 17.6 Å².